The van der Waals surface area contributed by atoms with Crippen molar-refractivity contribution in [2.24, 2.45) is 0 Å². The summed E-state index contributed by atoms with van der Waals surface area (Å²) in [4.78, 5) is 0. The molecule has 1 aliphatic heterocycles. The Morgan fingerprint density at radius 2 is 2.30 bits per heavy atom. The van der Waals surface area contributed by atoms with Gasteiger partial charge in [0.05, 0.1) is 22.4 Å². The summed E-state index contributed by atoms with van der Waals surface area (Å²) >= 11 is 5.82. The predicted molar refractivity (Wildman–Crippen MR) is 91.4 cm³/mol. The van der Waals surface area contributed by atoms with E-state index in [-0.39, 0.29) is 4.75 Å². The first-order valence-electron chi connectivity index (χ1n) is 7.60. The molecule has 0 amide bonds. The average Bonchev–Trinajstić information content (AvgIpc) is 2.98. The number of halogens is 1. The lowest BCUT2D eigenvalue weighted by Gasteiger charge is -2.35. The summed E-state index contributed by atoms with van der Waals surface area (Å²) in [6.45, 7) is 10.1. The molecule has 1 aromatic heterocycles. The molecule has 1 aromatic rings. The Morgan fingerprint density at radius 1 is 1.55 bits per heavy atom. The maximum atomic E-state index is 4.57. The fraction of sp³-hybridized carbons (Fsp3) is 0.800. The van der Waals surface area contributed by atoms with Crippen LogP contribution in [0.3, 0.4) is 0 Å². The first-order valence-corrected chi connectivity index (χ1v) is 9.37. The lowest BCUT2D eigenvalue weighted by atomic mass is 9.93. The maximum absolute atomic E-state index is 4.57. The highest BCUT2D eigenvalue weighted by Gasteiger charge is 2.41. The van der Waals surface area contributed by atoms with E-state index in [1.54, 1.807) is 0 Å². The summed E-state index contributed by atoms with van der Waals surface area (Å²) < 4.78 is 3.57. The van der Waals surface area contributed by atoms with Crippen molar-refractivity contribution < 1.29 is 0 Å². The molecule has 5 heteroatoms. The van der Waals surface area contributed by atoms with Gasteiger partial charge in [0, 0.05) is 10.8 Å². The lowest BCUT2D eigenvalue weighted by molar-refractivity contribution is 0.372. The number of thioether (sulfide) groups is 1. The number of hydrogen-bond donors (Lipinski definition) is 1. The van der Waals surface area contributed by atoms with Crippen LogP contribution in [0.2, 0.25) is 0 Å². The van der Waals surface area contributed by atoms with Crippen LogP contribution < -0.4 is 5.32 Å². The van der Waals surface area contributed by atoms with Crippen molar-refractivity contribution in [1.29, 1.82) is 0 Å². The van der Waals surface area contributed by atoms with Crippen LogP contribution >= 0.6 is 27.7 Å². The number of rotatable bonds is 6. The second-order valence-electron chi connectivity index (χ2n) is 6.07. The molecule has 0 saturated carbocycles. The average molecular weight is 360 g/mol. The van der Waals surface area contributed by atoms with Gasteiger partial charge in [-0.2, -0.15) is 16.9 Å². The van der Waals surface area contributed by atoms with E-state index < -0.39 is 0 Å². The summed E-state index contributed by atoms with van der Waals surface area (Å²) in [5.41, 5.74) is 1.31. The maximum Gasteiger partial charge on any atom is 0.0712 e. The van der Waals surface area contributed by atoms with Gasteiger partial charge in [-0.05, 0) is 68.3 Å². The van der Waals surface area contributed by atoms with Gasteiger partial charge >= 0.3 is 0 Å². The van der Waals surface area contributed by atoms with Crippen molar-refractivity contribution in [2.45, 2.75) is 63.8 Å². The number of aromatic nitrogens is 2. The quantitative estimate of drug-likeness (QED) is 0.807. The standard InChI is InChI=1S/C15H26BrN3S/c1-5-8-17-14(15(4)7-6-9-20-15)13-12(16)10-18-19(13)11(2)3/h10-11,14,17H,5-9H2,1-4H3. The molecule has 1 saturated heterocycles. The van der Waals surface area contributed by atoms with E-state index in [0.29, 0.717) is 12.1 Å². The number of nitrogens with zero attached hydrogens (tertiary/aromatic N) is 2. The minimum atomic E-state index is 0.268. The molecular weight excluding hydrogens is 334 g/mol. The highest BCUT2D eigenvalue weighted by Crippen LogP contribution is 2.48. The van der Waals surface area contributed by atoms with Crippen LogP contribution in [0.5, 0.6) is 0 Å². The summed E-state index contributed by atoms with van der Waals surface area (Å²) in [6, 6.07) is 0.742. The minimum absolute atomic E-state index is 0.268. The molecular formula is C15H26BrN3S. The van der Waals surface area contributed by atoms with Crippen LogP contribution in [0.25, 0.3) is 0 Å². The van der Waals surface area contributed by atoms with E-state index in [1.165, 1.54) is 24.3 Å². The van der Waals surface area contributed by atoms with Crippen LogP contribution in [0.1, 0.15) is 64.7 Å². The highest BCUT2D eigenvalue weighted by molar-refractivity contribution is 9.10. The van der Waals surface area contributed by atoms with Crippen molar-refractivity contribution in [1.82, 2.24) is 15.1 Å². The van der Waals surface area contributed by atoms with Crippen molar-refractivity contribution in [3.63, 3.8) is 0 Å². The predicted octanol–water partition coefficient (Wildman–Crippen LogP) is 4.55. The molecule has 0 radical (unpaired) electrons. The minimum Gasteiger partial charge on any atom is -0.307 e. The molecule has 2 atom stereocenters. The summed E-state index contributed by atoms with van der Waals surface area (Å²) in [5, 5.41) is 8.35. The molecule has 114 valence electrons. The number of nitrogens with one attached hydrogen (secondary N) is 1. The van der Waals surface area contributed by atoms with Gasteiger partial charge in [0.15, 0.2) is 0 Å². The van der Waals surface area contributed by atoms with E-state index in [4.69, 9.17) is 0 Å². The van der Waals surface area contributed by atoms with Crippen LogP contribution in [0, 0.1) is 0 Å². The second-order valence-corrected chi connectivity index (χ2v) is 8.55. The molecule has 0 bridgehead atoms. The molecule has 1 fully saturated rings. The molecule has 0 spiro atoms. The van der Waals surface area contributed by atoms with Gasteiger partial charge in [-0.15, -0.1) is 0 Å². The molecule has 3 nitrogen and oxygen atoms in total. The Kier molecular flexibility index (Phi) is 5.60. The zero-order valence-corrected chi connectivity index (χ0v) is 15.4. The Balaban J connectivity index is 2.38. The van der Waals surface area contributed by atoms with E-state index in [2.05, 4.69) is 70.5 Å². The zero-order chi connectivity index (χ0) is 14.8. The fourth-order valence-corrected chi connectivity index (χ4v) is 4.86. The van der Waals surface area contributed by atoms with Crippen LogP contribution in [0.15, 0.2) is 10.7 Å². The Hall–Kier alpha value is -0.000000000000000111. The first kappa shape index (κ1) is 16.4. The largest absolute Gasteiger partial charge is 0.307 e. The van der Waals surface area contributed by atoms with Crippen molar-refractivity contribution in [2.75, 3.05) is 12.3 Å². The third-order valence-corrected chi connectivity index (χ3v) is 6.21. The van der Waals surface area contributed by atoms with Crippen molar-refractivity contribution in [3.8, 4) is 0 Å². The molecule has 1 aliphatic rings. The SMILES string of the molecule is CCCNC(c1c(Br)cnn1C(C)C)C1(C)CCCS1. The highest BCUT2D eigenvalue weighted by atomic mass is 79.9. The molecule has 20 heavy (non-hydrogen) atoms. The fourth-order valence-electron chi connectivity index (χ4n) is 2.95. The van der Waals surface area contributed by atoms with Crippen molar-refractivity contribution in [3.05, 3.63) is 16.4 Å². The topological polar surface area (TPSA) is 29.9 Å². The summed E-state index contributed by atoms with van der Waals surface area (Å²) in [5.74, 6) is 1.27. The monoisotopic (exact) mass is 359 g/mol. The third kappa shape index (κ3) is 3.25. The van der Waals surface area contributed by atoms with Gasteiger partial charge in [0.1, 0.15) is 0 Å². The molecule has 2 heterocycles. The lowest BCUT2D eigenvalue weighted by Crippen LogP contribution is -2.39. The third-order valence-electron chi connectivity index (χ3n) is 4.01. The van der Waals surface area contributed by atoms with Crippen LogP contribution in [0.4, 0.5) is 0 Å². The van der Waals surface area contributed by atoms with E-state index >= 15 is 0 Å². The van der Waals surface area contributed by atoms with E-state index in [0.717, 1.165) is 17.4 Å². The van der Waals surface area contributed by atoms with Gasteiger partial charge in [-0.25, -0.2) is 0 Å². The summed E-state index contributed by atoms with van der Waals surface area (Å²) in [6.07, 6.45) is 5.69. The van der Waals surface area contributed by atoms with E-state index in [9.17, 15) is 0 Å². The number of hydrogen-bond acceptors (Lipinski definition) is 3. The van der Waals surface area contributed by atoms with E-state index in [1.807, 2.05) is 6.20 Å². The molecule has 2 rings (SSSR count). The van der Waals surface area contributed by atoms with Crippen LogP contribution in [-0.2, 0) is 0 Å². The zero-order valence-electron chi connectivity index (χ0n) is 12.9. The van der Waals surface area contributed by atoms with Gasteiger partial charge in [-0.3, -0.25) is 4.68 Å². The smallest absolute Gasteiger partial charge is 0.0712 e. The molecule has 2 unspecified atom stereocenters. The Bertz CT molecular complexity index is 438. The Morgan fingerprint density at radius 3 is 2.85 bits per heavy atom. The van der Waals surface area contributed by atoms with Gasteiger partial charge < -0.3 is 5.32 Å². The second kappa shape index (κ2) is 6.84. The molecule has 0 aromatic carbocycles. The Labute approximate surface area is 135 Å². The van der Waals surface area contributed by atoms with Gasteiger partial charge in [0.2, 0.25) is 0 Å². The summed E-state index contributed by atoms with van der Waals surface area (Å²) in [7, 11) is 0. The van der Waals surface area contributed by atoms with Gasteiger partial charge in [0.25, 0.3) is 0 Å². The normalized spacial score (nSPS) is 24.5. The van der Waals surface area contributed by atoms with Crippen LogP contribution in [-0.4, -0.2) is 26.8 Å². The van der Waals surface area contributed by atoms with Crippen molar-refractivity contribution >= 4 is 27.7 Å². The van der Waals surface area contributed by atoms with Gasteiger partial charge in [-0.1, -0.05) is 6.92 Å². The molecule has 0 aliphatic carbocycles. The first-order chi connectivity index (χ1) is 9.49. The molecule has 1 N–H and O–H groups in total.